The third kappa shape index (κ3) is 7.74. The molecule has 0 aromatic heterocycles. The average Bonchev–Trinajstić information content (AvgIpc) is 2.03. The van der Waals surface area contributed by atoms with Crippen LogP contribution in [-0.2, 0) is 4.79 Å². The van der Waals surface area contributed by atoms with Crippen molar-refractivity contribution < 1.29 is 4.79 Å². The molecule has 4 nitrogen and oxygen atoms in total. The van der Waals surface area contributed by atoms with E-state index in [-0.39, 0.29) is 11.9 Å². The molecule has 0 aliphatic carbocycles. The molecule has 0 aromatic rings. The van der Waals surface area contributed by atoms with Gasteiger partial charge >= 0.3 is 0 Å². The van der Waals surface area contributed by atoms with Crippen LogP contribution in [0.4, 0.5) is 0 Å². The van der Waals surface area contributed by atoms with Gasteiger partial charge in [-0.2, -0.15) is 0 Å². The van der Waals surface area contributed by atoms with E-state index >= 15 is 0 Å². The third-order valence-corrected chi connectivity index (χ3v) is 1.87. The third-order valence-electron chi connectivity index (χ3n) is 1.87. The normalized spacial score (nSPS) is 13.0. The lowest BCUT2D eigenvalue weighted by Gasteiger charge is -2.12. The van der Waals surface area contributed by atoms with Crippen molar-refractivity contribution in [1.29, 1.82) is 0 Å². The molecule has 0 heterocycles. The first-order chi connectivity index (χ1) is 6.06. The minimum absolute atomic E-state index is 0.115. The molecule has 1 atom stereocenters. The van der Waals surface area contributed by atoms with Gasteiger partial charge < -0.3 is 15.5 Å². The van der Waals surface area contributed by atoms with Crippen LogP contribution in [0, 0.1) is 0 Å². The number of amides is 1. The maximum absolute atomic E-state index is 11.2. The molecule has 0 radical (unpaired) electrons. The standard InChI is InChI=1S/C9H21N3O/c1-8(10-2)7-9(13)11-5-6-12(3)4/h8,10H,5-7H2,1-4H3,(H,11,13). The number of carbonyl (C=O) groups is 1. The van der Waals surface area contributed by atoms with E-state index in [0.29, 0.717) is 6.42 Å². The van der Waals surface area contributed by atoms with Crippen LogP contribution in [0.5, 0.6) is 0 Å². The van der Waals surface area contributed by atoms with Gasteiger partial charge in [0.05, 0.1) is 0 Å². The fourth-order valence-electron chi connectivity index (χ4n) is 0.871. The zero-order valence-corrected chi connectivity index (χ0v) is 9.05. The first-order valence-electron chi connectivity index (χ1n) is 4.65. The van der Waals surface area contributed by atoms with E-state index in [4.69, 9.17) is 0 Å². The Morgan fingerprint density at radius 1 is 1.46 bits per heavy atom. The highest BCUT2D eigenvalue weighted by Gasteiger charge is 2.05. The Bertz CT molecular complexity index is 148. The molecule has 0 bridgehead atoms. The molecule has 0 aliphatic heterocycles. The summed E-state index contributed by atoms with van der Waals surface area (Å²) in [4.78, 5) is 13.3. The molecule has 0 saturated heterocycles. The van der Waals surface area contributed by atoms with Gasteiger partial charge in [0.25, 0.3) is 0 Å². The number of rotatable bonds is 6. The summed E-state index contributed by atoms with van der Waals surface area (Å²) in [7, 11) is 5.84. The number of carbonyl (C=O) groups excluding carboxylic acids is 1. The molecular weight excluding hydrogens is 166 g/mol. The van der Waals surface area contributed by atoms with E-state index < -0.39 is 0 Å². The van der Waals surface area contributed by atoms with Crippen LogP contribution in [-0.4, -0.2) is 51.1 Å². The van der Waals surface area contributed by atoms with Gasteiger partial charge in [-0.25, -0.2) is 0 Å². The van der Waals surface area contributed by atoms with E-state index in [9.17, 15) is 4.79 Å². The lowest BCUT2D eigenvalue weighted by atomic mass is 10.2. The summed E-state index contributed by atoms with van der Waals surface area (Å²) in [6, 6.07) is 0.249. The molecule has 0 saturated carbocycles. The Morgan fingerprint density at radius 2 is 2.08 bits per heavy atom. The smallest absolute Gasteiger partial charge is 0.221 e. The molecule has 0 rings (SSSR count). The van der Waals surface area contributed by atoms with Crippen LogP contribution in [0.3, 0.4) is 0 Å². The van der Waals surface area contributed by atoms with E-state index in [2.05, 4.69) is 10.6 Å². The van der Waals surface area contributed by atoms with Gasteiger partial charge in [-0.1, -0.05) is 0 Å². The molecule has 0 fully saturated rings. The summed E-state index contributed by atoms with van der Waals surface area (Å²) in [6.45, 7) is 3.60. The molecule has 4 heteroatoms. The highest BCUT2D eigenvalue weighted by atomic mass is 16.1. The van der Waals surface area contributed by atoms with Crippen molar-refractivity contribution in [1.82, 2.24) is 15.5 Å². The van der Waals surface area contributed by atoms with Crippen LogP contribution in [0.25, 0.3) is 0 Å². The lowest BCUT2D eigenvalue weighted by molar-refractivity contribution is -0.121. The monoisotopic (exact) mass is 187 g/mol. The summed E-state index contributed by atoms with van der Waals surface area (Å²) in [5, 5.41) is 5.88. The minimum Gasteiger partial charge on any atom is -0.355 e. The molecule has 0 spiro atoms. The molecule has 13 heavy (non-hydrogen) atoms. The van der Waals surface area contributed by atoms with Crippen molar-refractivity contribution >= 4 is 5.91 Å². The Kier molecular flexibility index (Phi) is 6.54. The molecule has 2 N–H and O–H groups in total. The number of hydrogen-bond donors (Lipinski definition) is 2. The maximum Gasteiger partial charge on any atom is 0.221 e. The summed E-state index contributed by atoms with van der Waals surface area (Å²) in [5.41, 5.74) is 0. The minimum atomic E-state index is 0.115. The van der Waals surface area contributed by atoms with Gasteiger partial charge in [0.1, 0.15) is 0 Å². The first-order valence-corrected chi connectivity index (χ1v) is 4.65. The van der Waals surface area contributed by atoms with Gasteiger partial charge in [-0.3, -0.25) is 4.79 Å². The number of likely N-dealkylation sites (N-methyl/N-ethyl adjacent to an activating group) is 1. The van der Waals surface area contributed by atoms with Crippen molar-refractivity contribution in [3.63, 3.8) is 0 Å². The topological polar surface area (TPSA) is 44.4 Å². The van der Waals surface area contributed by atoms with Crippen molar-refractivity contribution in [2.45, 2.75) is 19.4 Å². The maximum atomic E-state index is 11.2. The van der Waals surface area contributed by atoms with Crippen LogP contribution in [0.15, 0.2) is 0 Å². The molecule has 0 aliphatic rings. The van der Waals surface area contributed by atoms with Crippen LogP contribution < -0.4 is 10.6 Å². The Hall–Kier alpha value is -0.610. The zero-order valence-electron chi connectivity index (χ0n) is 9.05. The van der Waals surface area contributed by atoms with Crippen molar-refractivity contribution in [3.8, 4) is 0 Å². The predicted molar refractivity (Wildman–Crippen MR) is 54.7 cm³/mol. The summed E-state index contributed by atoms with van der Waals surface area (Å²) in [6.07, 6.45) is 0.546. The molecule has 1 unspecified atom stereocenters. The highest BCUT2D eigenvalue weighted by molar-refractivity contribution is 5.76. The quantitative estimate of drug-likeness (QED) is 0.598. The number of nitrogens with zero attached hydrogens (tertiary/aromatic N) is 1. The van der Waals surface area contributed by atoms with Crippen LogP contribution in [0.2, 0.25) is 0 Å². The molecule has 1 amide bonds. The Labute approximate surface area is 80.7 Å². The van der Waals surface area contributed by atoms with Gasteiger partial charge in [0, 0.05) is 25.6 Å². The SMILES string of the molecule is CNC(C)CC(=O)NCCN(C)C. The van der Waals surface area contributed by atoms with E-state index in [0.717, 1.165) is 13.1 Å². The van der Waals surface area contributed by atoms with Crippen LogP contribution >= 0.6 is 0 Å². The molecular formula is C9H21N3O. The van der Waals surface area contributed by atoms with Gasteiger partial charge in [-0.15, -0.1) is 0 Å². The molecule has 78 valence electrons. The van der Waals surface area contributed by atoms with Crippen molar-refractivity contribution in [2.75, 3.05) is 34.2 Å². The van der Waals surface area contributed by atoms with Crippen molar-refractivity contribution in [2.24, 2.45) is 0 Å². The zero-order chi connectivity index (χ0) is 10.3. The number of nitrogens with one attached hydrogen (secondary N) is 2. The van der Waals surface area contributed by atoms with Gasteiger partial charge in [0.15, 0.2) is 0 Å². The van der Waals surface area contributed by atoms with Gasteiger partial charge in [-0.05, 0) is 28.1 Å². The second kappa shape index (κ2) is 6.86. The number of hydrogen-bond acceptors (Lipinski definition) is 3. The summed E-state index contributed by atoms with van der Waals surface area (Å²) < 4.78 is 0. The lowest BCUT2D eigenvalue weighted by Crippen LogP contribution is -2.35. The fraction of sp³-hybridized carbons (Fsp3) is 0.889. The van der Waals surface area contributed by atoms with E-state index in [1.165, 1.54) is 0 Å². The van der Waals surface area contributed by atoms with E-state index in [1.807, 2.05) is 33.0 Å². The second-order valence-corrected chi connectivity index (χ2v) is 3.55. The average molecular weight is 187 g/mol. The van der Waals surface area contributed by atoms with Crippen molar-refractivity contribution in [3.05, 3.63) is 0 Å². The second-order valence-electron chi connectivity index (χ2n) is 3.55. The Balaban J connectivity index is 3.41. The predicted octanol–water partition coefficient (Wildman–Crippen LogP) is -0.338. The highest BCUT2D eigenvalue weighted by Crippen LogP contribution is 1.88. The largest absolute Gasteiger partial charge is 0.355 e. The van der Waals surface area contributed by atoms with Gasteiger partial charge in [0.2, 0.25) is 5.91 Å². The summed E-state index contributed by atoms with van der Waals surface area (Å²) >= 11 is 0. The summed E-state index contributed by atoms with van der Waals surface area (Å²) in [5.74, 6) is 0.115. The Morgan fingerprint density at radius 3 is 2.54 bits per heavy atom. The van der Waals surface area contributed by atoms with E-state index in [1.54, 1.807) is 0 Å². The first kappa shape index (κ1) is 12.4. The van der Waals surface area contributed by atoms with Crippen LogP contribution in [0.1, 0.15) is 13.3 Å². The molecule has 0 aromatic carbocycles. The fourth-order valence-corrected chi connectivity index (χ4v) is 0.871.